The molecule has 7 nitrogen and oxygen atoms in total. The van der Waals surface area contributed by atoms with Gasteiger partial charge in [0.15, 0.2) is 0 Å². The van der Waals surface area contributed by atoms with Gasteiger partial charge >= 0.3 is 6.03 Å². The Bertz CT molecular complexity index is 706. The molecule has 0 aromatic heterocycles. The van der Waals surface area contributed by atoms with Crippen LogP contribution in [-0.2, 0) is 4.79 Å². The Hall–Kier alpha value is -2.44. The first-order valence-corrected chi connectivity index (χ1v) is 9.88. The topological polar surface area (TPSA) is 65.1 Å². The Balaban J connectivity index is 1.32. The molecule has 2 saturated heterocycles. The average molecular weight is 372 g/mol. The van der Waals surface area contributed by atoms with Crippen LogP contribution in [0.25, 0.3) is 0 Å². The van der Waals surface area contributed by atoms with Gasteiger partial charge in [0, 0.05) is 50.0 Å². The highest BCUT2D eigenvalue weighted by Crippen LogP contribution is 2.28. The number of hydrogen-bond acceptors (Lipinski definition) is 4. The quantitative estimate of drug-likeness (QED) is 0.873. The number of nitrogens with zero attached hydrogens (tertiary/aromatic N) is 3. The standard InChI is InChI=1S/C20H28N4O3/c1-27-18-6-2-5-17(12-18)22-9-3-4-15(13-22)21-20(26)23-10-11-24(16-7-8-16)19(25)14-23/h2,5-6,12,15-16H,3-4,7-11,13-14H2,1H3,(H,21,26). The smallest absolute Gasteiger partial charge is 0.318 e. The molecule has 2 heterocycles. The molecule has 1 unspecified atom stereocenters. The lowest BCUT2D eigenvalue weighted by Crippen LogP contribution is -2.58. The Morgan fingerprint density at radius 1 is 1.19 bits per heavy atom. The Kier molecular flexibility index (Phi) is 5.09. The number of benzene rings is 1. The van der Waals surface area contributed by atoms with Gasteiger partial charge in [0.25, 0.3) is 0 Å². The second-order valence-corrected chi connectivity index (χ2v) is 7.68. The zero-order valence-corrected chi connectivity index (χ0v) is 15.9. The van der Waals surface area contributed by atoms with Crippen molar-refractivity contribution >= 4 is 17.6 Å². The molecular formula is C20H28N4O3. The summed E-state index contributed by atoms with van der Waals surface area (Å²) in [6.07, 6.45) is 4.21. The lowest BCUT2D eigenvalue weighted by molar-refractivity contribution is -0.135. The largest absolute Gasteiger partial charge is 0.497 e. The molecule has 2 aliphatic heterocycles. The normalized spacial score (nSPS) is 23.4. The van der Waals surface area contributed by atoms with Gasteiger partial charge in [0.2, 0.25) is 5.91 Å². The number of hydrogen-bond donors (Lipinski definition) is 1. The number of nitrogens with one attached hydrogen (secondary N) is 1. The van der Waals surface area contributed by atoms with Gasteiger partial charge in [-0.2, -0.15) is 0 Å². The number of methoxy groups -OCH3 is 1. The summed E-state index contributed by atoms with van der Waals surface area (Å²) in [6.45, 7) is 3.24. The van der Waals surface area contributed by atoms with Gasteiger partial charge in [-0.15, -0.1) is 0 Å². The van der Waals surface area contributed by atoms with Gasteiger partial charge in [0.1, 0.15) is 12.3 Å². The summed E-state index contributed by atoms with van der Waals surface area (Å²) in [5, 5.41) is 3.14. The first kappa shape index (κ1) is 17.9. The van der Waals surface area contributed by atoms with E-state index in [4.69, 9.17) is 4.74 Å². The number of piperidine rings is 1. The summed E-state index contributed by atoms with van der Waals surface area (Å²) in [6, 6.07) is 8.43. The van der Waals surface area contributed by atoms with Crippen molar-refractivity contribution in [3.63, 3.8) is 0 Å². The van der Waals surface area contributed by atoms with Crippen LogP contribution in [0.15, 0.2) is 24.3 Å². The van der Waals surface area contributed by atoms with E-state index in [1.165, 1.54) is 0 Å². The van der Waals surface area contributed by atoms with Crippen LogP contribution in [0.5, 0.6) is 5.75 Å². The van der Waals surface area contributed by atoms with E-state index in [0.29, 0.717) is 19.1 Å². The summed E-state index contributed by atoms with van der Waals surface area (Å²) < 4.78 is 5.32. The number of piperazine rings is 1. The number of anilines is 1. The van der Waals surface area contributed by atoms with E-state index >= 15 is 0 Å². The zero-order valence-electron chi connectivity index (χ0n) is 15.9. The van der Waals surface area contributed by atoms with Crippen LogP contribution in [0.3, 0.4) is 0 Å². The first-order chi connectivity index (χ1) is 13.1. The van der Waals surface area contributed by atoms with Crippen LogP contribution < -0.4 is 15.0 Å². The predicted octanol–water partition coefficient (Wildman–Crippen LogP) is 1.68. The van der Waals surface area contributed by atoms with Crippen LogP contribution in [-0.4, -0.2) is 73.7 Å². The van der Waals surface area contributed by atoms with Gasteiger partial charge in [-0.05, 0) is 37.8 Å². The van der Waals surface area contributed by atoms with E-state index in [2.05, 4.69) is 16.3 Å². The van der Waals surface area contributed by atoms with Crippen molar-refractivity contribution < 1.29 is 14.3 Å². The number of carbonyl (C=O) groups is 2. The van der Waals surface area contributed by atoms with Gasteiger partial charge in [-0.3, -0.25) is 4.79 Å². The van der Waals surface area contributed by atoms with Crippen molar-refractivity contribution in [1.29, 1.82) is 0 Å². The third kappa shape index (κ3) is 4.12. The van der Waals surface area contributed by atoms with Crippen LogP contribution >= 0.6 is 0 Å². The maximum atomic E-state index is 12.7. The summed E-state index contributed by atoms with van der Waals surface area (Å²) in [5.74, 6) is 0.922. The number of carbonyl (C=O) groups excluding carboxylic acids is 2. The van der Waals surface area contributed by atoms with Crippen molar-refractivity contribution in [1.82, 2.24) is 15.1 Å². The lowest BCUT2D eigenvalue weighted by Gasteiger charge is -2.38. The molecule has 146 valence electrons. The van der Waals surface area contributed by atoms with Crippen LogP contribution in [0, 0.1) is 0 Å². The number of amides is 3. The molecule has 1 atom stereocenters. The van der Waals surface area contributed by atoms with Crippen LogP contribution in [0.2, 0.25) is 0 Å². The number of ether oxygens (including phenoxy) is 1. The molecule has 1 aliphatic carbocycles. The fourth-order valence-corrected chi connectivity index (χ4v) is 4.03. The molecule has 3 aliphatic rings. The minimum atomic E-state index is -0.115. The molecular weight excluding hydrogens is 344 g/mol. The average Bonchev–Trinajstić information content (AvgIpc) is 3.53. The molecule has 0 spiro atoms. The van der Waals surface area contributed by atoms with E-state index in [0.717, 1.165) is 50.2 Å². The molecule has 27 heavy (non-hydrogen) atoms. The highest BCUT2D eigenvalue weighted by molar-refractivity contribution is 5.85. The third-order valence-corrected chi connectivity index (χ3v) is 5.70. The molecule has 3 amide bonds. The SMILES string of the molecule is COc1cccc(N2CCCC(NC(=O)N3CCN(C4CC4)C(=O)C3)C2)c1. The molecule has 1 aromatic carbocycles. The third-order valence-electron chi connectivity index (χ3n) is 5.70. The van der Waals surface area contributed by atoms with Gasteiger partial charge in [-0.25, -0.2) is 4.79 Å². The summed E-state index contributed by atoms with van der Waals surface area (Å²) in [5.41, 5.74) is 1.11. The number of urea groups is 1. The van der Waals surface area contributed by atoms with E-state index < -0.39 is 0 Å². The van der Waals surface area contributed by atoms with E-state index in [-0.39, 0.29) is 24.5 Å². The Morgan fingerprint density at radius 2 is 2.04 bits per heavy atom. The number of rotatable bonds is 4. The second kappa shape index (κ2) is 7.66. The molecule has 0 bridgehead atoms. The maximum Gasteiger partial charge on any atom is 0.318 e. The van der Waals surface area contributed by atoms with Crippen LogP contribution in [0.4, 0.5) is 10.5 Å². The highest BCUT2D eigenvalue weighted by Gasteiger charge is 2.37. The van der Waals surface area contributed by atoms with Crippen LogP contribution in [0.1, 0.15) is 25.7 Å². The Labute approximate surface area is 160 Å². The molecule has 1 saturated carbocycles. The molecule has 3 fully saturated rings. The van der Waals surface area contributed by atoms with Crippen molar-refractivity contribution in [2.75, 3.05) is 44.7 Å². The van der Waals surface area contributed by atoms with E-state index in [9.17, 15) is 9.59 Å². The summed E-state index contributed by atoms with van der Waals surface area (Å²) >= 11 is 0. The summed E-state index contributed by atoms with van der Waals surface area (Å²) in [4.78, 5) is 30.8. The molecule has 1 aromatic rings. The van der Waals surface area contributed by atoms with E-state index in [1.54, 1.807) is 12.0 Å². The highest BCUT2D eigenvalue weighted by atomic mass is 16.5. The van der Waals surface area contributed by atoms with Crippen molar-refractivity contribution in [3.05, 3.63) is 24.3 Å². The second-order valence-electron chi connectivity index (χ2n) is 7.68. The van der Waals surface area contributed by atoms with Crippen molar-refractivity contribution in [2.45, 2.75) is 37.8 Å². The predicted molar refractivity (Wildman–Crippen MR) is 103 cm³/mol. The minimum absolute atomic E-state index is 0.0838. The lowest BCUT2D eigenvalue weighted by atomic mass is 10.0. The monoisotopic (exact) mass is 372 g/mol. The van der Waals surface area contributed by atoms with Gasteiger partial charge < -0.3 is 24.8 Å². The van der Waals surface area contributed by atoms with Gasteiger partial charge in [-0.1, -0.05) is 6.07 Å². The maximum absolute atomic E-state index is 12.7. The fraction of sp³-hybridized carbons (Fsp3) is 0.600. The Morgan fingerprint density at radius 3 is 2.78 bits per heavy atom. The van der Waals surface area contributed by atoms with E-state index in [1.807, 2.05) is 23.1 Å². The van der Waals surface area contributed by atoms with Gasteiger partial charge in [0.05, 0.1) is 7.11 Å². The first-order valence-electron chi connectivity index (χ1n) is 9.88. The molecule has 0 radical (unpaired) electrons. The molecule has 7 heteroatoms. The molecule has 1 N–H and O–H groups in total. The van der Waals surface area contributed by atoms with Crippen molar-refractivity contribution in [2.24, 2.45) is 0 Å². The van der Waals surface area contributed by atoms with Crippen molar-refractivity contribution in [3.8, 4) is 5.75 Å². The molecule has 4 rings (SSSR count). The summed E-state index contributed by atoms with van der Waals surface area (Å²) in [7, 11) is 1.67. The minimum Gasteiger partial charge on any atom is -0.497 e. The zero-order chi connectivity index (χ0) is 18.8. The fourth-order valence-electron chi connectivity index (χ4n) is 4.03.